The Balaban J connectivity index is 0.000000177. The van der Waals surface area contributed by atoms with E-state index in [4.69, 9.17) is 5.26 Å². The average Bonchev–Trinajstić information content (AvgIpc) is 3.26. The quantitative estimate of drug-likeness (QED) is 0.336. The molecule has 0 fully saturated rings. The summed E-state index contributed by atoms with van der Waals surface area (Å²) in [6.07, 6.45) is 0.261. The summed E-state index contributed by atoms with van der Waals surface area (Å²) < 4.78 is 1.52. The molecule has 3 N–H and O–H groups in total. The molecule has 0 aliphatic carbocycles. The Morgan fingerprint density at radius 3 is 2.20 bits per heavy atom. The van der Waals surface area contributed by atoms with Crippen molar-refractivity contribution in [2.75, 3.05) is 0 Å². The number of benzene rings is 2. The van der Waals surface area contributed by atoms with E-state index in [2.05, 4.69) is 15.3 Å². The number of fused-ring (bicyclic) bond motifs is 2. The van der Waals surface area contributed by atoms with Crippen LogP contribution < -0.4 is 11.1 Å². The van der Waals surface area contributed by atoms with Gasteiger partial charge in [-0.15, -0.1) is 0 Å². The zero-order valence-electron chi connectivity index (χ0n) is 15.1. The lowest BCUT2D eigenvalue weighted by Crippen LogP contribution is -2.05. The van der Waals surface area contributed by atoms with E-state index in [9.17, 15) is 29.8 Å². The summed E-state index contributed by atoms with van der Waals surface area (Å²) >= 11 is 0. The van der Waals surface area contributed by atoms with E-state index in [1.807, 2.05) is 6.07 Å². The number of nitro benzene ring substituents is 2. The van der Waals surface area contributed by atoms with Crippen molar-refractivity contribution in [1.29, 1.82) is 5.26 Å². The zero-order valence-corrected chi connectivity index (χ0v) is 15.1. The Hall–Kier alpha value is -4.73. The van der Waals surface area contributed by atoms with Crippen LogP contribution in [0.4, 0.5) is 11.4 Å². The molecular formula is C17H13N7O6. The Morgan fingerprint density at radius 2 is 1.57 bits per heavy atom. The van der Waals surface area contributed by atoms with Gasteiger partial charge in [-0.05, 0) is 12.1 Å². The van der Waals surface area contributed by atoms with Crippen molar-refractivity contribution in [1.82, 2.24) is 20.0 Å². The predicted molar refractivity (Wildman–Crippen MR) is 105 cm³/mol. The van der Waals surface area contributed by atoms with Gasteiger partial charge in [-0.3, -0.25) is 49.8 Å². The van der Waals surface area contributed by atoms with Crippen molar-refractivity contribution < 1.29 is 9.85 Å². The molecule has 0 radical (unpaired) electrons. The number of H-pyrrole nitrogens is 3. The third-order valence-corrected chi connectivity index (χ3v) is 4.18. The summed E-state index contributed by atoms with van der Waals surface area (Å²) in [5.74, 6) is 0. The minimum atomic E-state index is -0.550. The molecule has 0 spiro atoms. The van der Waals surface area contributed by atoms with Gasteiger partial charge in [-0.1, -0.05) is 0 Å². The van der Waals surface area contributed by atoms with Crippen LogP contribution in [0.1, 0.15) is 6.42 Å². The number of nitro groups is 2. The fourth-order valence-corrected chi connectivity index (χ4v) is 2.77. The first-order chi connectivity index (χ1) is 14.3. The highest BCUT2D eigenvalue weighted by Gasteiger charge is 2.12. The van der Waals surface area contributed by atoms with Crippen LogP contribution in [-0.4, -0.2) is 29.8 Å². The number of rotatable bonds is 4. The number of aryl methyl sites for hydroxylation is 1. The topological polar surface area (TPSA) is 197 Å². The molecule has 152 valence electrons. The highest BCUT2D eigenvalue weighted by Crippen LogP contribution is 2.18. The molecule has 4 rings (SSSR count). The maximum Gasteiger partial charge on any atom is 0.272 e. The SMILES string of the molecule is N#CCCn1[nH]c(=O)c2cc([N+](=O)[O-])ccc21.O=c1[nH][nH]c2ccc([N+](=O)[O-])cc12. The number of nitriles is 1. The van der Waals surface area contributed by atoms with Crippen molar-refractivity contribution in [2.24, 2.45) is 0 Å². The lowest BCUT2D eigenvalue weighted by Gasteiger charge is -1.99. The van der Waals surface area contributed by atoms with E-state index < -0.39 is 9.85 Å². The third kappa shape index (κ3) is 3.92. The van der Waals surface area contributed by atoms with Gasteiger partial charge in [0.2, 0.25) is 0 Å². The predicted octanol–water partition coefficient (Wildman–Crippen LogP) is 1.92. The molecule has 0 atom stereocenters. The van der Waals surface area contributed by atoms with Crippen molar-refractivity contribution in [3.8, 4) is 6.07 Å². The molecule has 13 nitrogen and oxygen atoms in total. The van der Waals surface area contributed by atoms with E-state index >= 15 is 0 Å². The van der Waals surface area contributed by atoms with Gasteiger partial charge in [-0.2, -0.15) is 5.26 Å². The van der Waals surface area contributed by atoms with Crippen LogP contribution in [0.3, 0.4) is 0 Å². The number of aromatic amines is 3. The molecule has 13 heteroatoms. The van der Waals surface area contributed by atoms with Gasteiger partial charge < -0.3 is 0 Å². The number of non-ortho nitro benzene ring substituents is 2. The Morgan fingerprint density at radius 1 is 0.933 bits per heavy atom. The second-order valence-electron chi connectivity index (χ2n) is 6.03. The molecule has 2 aromatic heterocycles. The van der Waals surface area contributed by atoms with E-state index in [1.54, 1.807) is 0 Å². The molecule has 0 aliphatic heterocycles. The van der Waals surface area contributed by atoms with Crippen LogP contribution in [0, 0.1) is 31.6 Å². The van der Waals surface area contributed by atoms with Gasteiger partial charge in [0.1, 0.15) is 0 Å². The fourth-order valence-electron chi connectivity index (χ4n) is 2.77. The van der Waals surface area contributed by atoms with Gasteiger partial charge in [0.15, 0.2) is 0 Å². The second kappa shape index (κ2) is 8.10. The van der Waals surface area contributed by atoms with Gasteiger partial charge in [0, 0.05) is 24.3 Å². The summed E-state index contributed by atoms with van der Waals surface area (Å²) in [5.41, 5.74) is 0.186. The second-order valence-corrected chi connectivity index (χ2v) is 6.03. The van der Waals surface area contributed by atoms with Crippen molar-refractivity contribution in [3.63, 3.8) is 0 Å². The molecule has 2 aromatic carbocycles. The van der Waals surface area contributed by atoms with Crippen LogP contribution in [-0.2, 0) is 6.54 Å². The molecule has 0 amide bonds. The molecule has 0 aliphatic rings. The summed E-state index contributed by atoms with van der Waals surface area (Å²) in [5, 5.41) is 37.5. The Bertz CT molecular complexity index is 1420. The Kier molecular flexibility index (Phi) is 5.41. The van der Waals surface area contributed by atoms with Crippen LogP contribution in [0.2, 0.25) is 0 Å². The molecule has 0 unspecified atom stereocenters. The summed E-state index contributed by atoms with van der Waals surface area (Å²) in [6, 6.07) is 10.1. The lowest BCUT2D eigenvalue weighted by molar-refractivity contribution is -0.384. The minimum Gasteiger partial charge on any atom is -0.298 e. The van der Waals surface area contributed by atoms with Gasteiger partial charge in [-0.25, -0.2) is 0 Å². The van der Waals surface area contributed by atoms with Crippen LogP contribution in [0.15, 0.2) is 46.0 Å². The van der Waals surface area contributed by atoms with Crippen LogP contribution >= 0.6 is 0 Å². The normalized spacial score (nSPS) is 10.4. The van der Waals surface area contributed by atoms with Gasteiger partial charge in [0.05, 0.1) is 50.7 Å². The Labute approximate surface area is 165 Å². The number of hydrogen-bond donors (Lipinski definition) is 3. The molecule has 0 saturated heterocycles. The first kappa shape index (κ1) is 20.0. The fraction of sp³-hybridized carbons (Fsp3) is 0.118. The van der Waals surface area contributed by atoms with E-state index in [-0.39, 0.29) is 34.3 Å². The van der Waals surface area contributed by atoms with E-state index in [0.717, 1.165) is 0 Å². The molecule has 4 aromatic rings. The monoisotopic (exact) mass is 411 g/mol. The molecule has 0 saturated carbocycles. The first-order valence-electron chi connectivity index (χ1n) is 8.40. The van der Waals surface area contributed by atoms with Crippen LogP contribution in [0.25, 0.3) is 21.8 Å². The zero-order chi connectivity index (χ0) is 21.8. The first-order valence-corrected chi connectivity index (χ1v) is 8.40. The summed E-state index contributed by atoms with van der Waals surface area (Å²) in [4.78, 5) is 42.5. The molecular weight excluding hydrogens is 398 g/mol. The largest absolute Gasteiger partial charge is 0.298 e. The number of nitrogens with one attached hydrogen (secondary N) is 3. The number of nitrogens with zero attached hydrogens (tertiary/aromatic N) is 4. The highest BCUT2D eigenvalue weighted by atomic mass is 16.6. The maximum absolute atomic E-state index is 11.6. The number of hydrogen-bond acceptors (Lipinski definition) is 7. The molecule has 0 bridgehead atoms. The minimum absolute atomic E-state index is 0.0856. The van der Waals surface area contributed by atoms with Crippen LogP contribution in [0.5, 0.6) is 0 Å². The van der Waals surface area contributed by atoms with Gasteiger partial charge in [0.25, 0.3) is 22.5 Å². The maximum atomic E-state index is 11.6. The van der Waals surface area contributed by atoms with E-state index in [1.165, 1.54) is 41.1 Å². The smallest absolute Gasteiger partial charge is 0.272 e. The number of aromatic nitrogens is 4. The van der Waals surface area contributed by atoms with Crippen molar-refractivity contribution in [3.05, 3.63) is 77.3 Å². The summed E-state index contributed by atoms with van der Waals surface area (Å²) in [6.45, 7) is 0.354. The van der Waals surface area contributed by atoms with E-state index in [0.29, 0.717) is 23.0 Å². The van der Waals surface area contributed by atoms with Gasteiger partial charge >= 0.3 is 0 Å². The average molecular weight is 411 g/mol. The molecule has 30 heavy (non-hydrogen) atoms. The summed E-state index contributed by atoms with van der Waals surface area (Å²) in [7, 11) is 0. The lowest BCUT2D eigenvalue weighted by atomic mass is 10.2. The highest BCUT2D eigenvalue weighted by molar-refractivity contribution is 5.81. The molecule has 2 heterocycles. The van der Waals surface area contributed by atoms with Crippen molar-refractivity contribution >= 4 is 33.2 Å². The third-order valence-electron chi connectivity index (χ3n) is 4.18. The van der Waals surface area contributed by atoms with Crippen molar-refractivity contribution in [2.45, 2.75) is 13.0 Å². The standard InChI is InChI=1S/C10H8N4O3.C7H5N3O3/c11-4-1-5-13-9-3-2-7(14(16)17)6-8(9)10(15)12-13;11-7-5-3-4(10(12)13)1-2-6(5)8-9-7/h2-3,6H,1,5H2,(H,12,15);1-3H,(H2,8,9,11).